The van der Waals surface area contributed by atoms with E-state index in [0.29, 0.717) is 0 Å². The first-order valence-corrected chi connectivity index (χ1v) is 4.64. The smallest absolute Gasteiger partial charge is 0.266 e. The molecule has 0 rings (SSSR count). The van der Waals surface area contributed by atoms with Gasteiger partial charge in [0, 0.05) is 6.04 Å². The molecule has 0 saturated heterocycles. The van der Waals surface area contributed by atoms with Crippen LogP contribution in [0.2, 0.25) is 0 Å². The van der Waals surface area contributed by atoms with Gasteiger partial charge in [0.05, 0.1) is 5.75 Å². The molecule has 0 heterocycles. The maximum absolute atomic E-state index is 10.2. The fourth-order valence-corrected chi connectivity index (χ4v) is 1.31. The van der Waals surface area contributed by atoms with Gasteiger partial charge in [0.1, 0.15) is 0 Å². The molecule has 0 radical (unpaired) electrons. The highest BCUT2D eigenvalue weighted by Crippen LogP contribution is 2.00. The Bertz CT molecular complexity index is 185. The maximum atomic E-state index is 10.2. The second kappa shape index (κ2) is 3.32. The van der Waals surface area contributed by atoms with E-state index in [0.717, 1.165) is 0 Å². The zero-order valence-corrected chi connectivity index (χ0v) is 6.93. The van der Waals surface area contributed by atoms with Crippen LogP contribution >= 0.6 is 0 Å². The summed E-state index contributed by atoms with van der Waals surface area (Å²) in [6.07, 6.45) is 0. The highest BCUT2D eigenvalue weighted by molar-refractivity contribution is 7.85. The molecule has 0 saturated carbocycles. The highest BCUT2D eigenvalue weighted by Gasteiger charge is 2.15. The second-order valence-corrected chi connectivity index (χ2v) is 4.15. The summed E-state index contributed by atoms with van der Waals surface area (Å²) in [5, 5.41) is 0. The van der Waals surface area contributed by atoms with Crippen molar-refractivity contribution < 1.29 is 13.0 Å². The molecule has 0 aliphatic rings. The lowest BCUT2D eigenvalue weighted by Gasteiger charge is -2.12. The lowest BCUT2D eigenvalue weighted by molar-refractivity contribution is 0.457. The van der Waals surface area contributed by atoms with E-state index in [9.17, 15) is 8.42 Å². The number of nitrogens with two attached hydrogens (primary N) is 1. The summed E-state index contributed by atoms with van der Waals surface area (Å²) in [5.41, 5.74) is 5.36. The minimum atomic E-state index is -3.89. The first kappa shape index (κ1) is 9.87. The highest BCUT2D eigenvalue weighted by atomic mass is 32.2. The third-order valence-corrected chi connectivity index (χ3v) is 2.07. The van der Waals surface area contributed by atoms with E-state index >= 15 is 0 Å². The van der Waals surface area contributed by atoms with Crippen molar-refractivity contribution in [1.29, 1.82) is 0 Å². The van der Waals surface area contributed by atoms with Crippen LogP contribution in [-0.4, -0.2) is 24.8 Å². The van der Waals surface area contributed by atoms with Gasteiger partial charge in [-0.2, -0.15) is 8.42 Å². The Morgan fingerprint density at radius 2 is 1.90 bits per heavy atom. The molecule has 0 unspecified atom stereocenters. The summed E-state index contributed by atoms with van der Waals surface area (Å²) in [5.74, 6) is -0.285. The van der Waals surface area contributed by atoms with Crippen LogP contribution in [0.1, 0.15) is 13.8 Å². The van der Waals surface area contributed by atoms with E-state index in [1.807, 2.05) is 0 Å². The predicted molar refractivity (Wildman–Crippen MR) is 39.2 cm³/mol. The molecule has 0 aromatic heterocycles. The van der Waals surface area contributed by atoms with Crippen molar-refractivity contribution >= 4 is 10.1 Å². The van der Waals surface area contributed by atoms with Gasteiger partial charge in [0.15, 0.2) is 0 Å². The monoisotopic (exact) mass is 167 g/mol. The number of hydrogen-bond donors (Lipinski definition) is 2. The zero-order valence-electron chi connectivity index (χ0n) is 6.11. The molecule has 10 heavy (non-hydrogen) atoms. The Kier molecular flexibility index (Phi) is 3.27. The summed E-state index contributed by atoms with van der Waals surface area (Å²) in [4.78, 5) is 0. The van der Waals surface area contributed by atoms with Crippen molar-refractivity contribution in [3.63, 3.8) is 0 Å². The van der Waals surface area contributed by atoms with Gasteiger partial charge < -0.3 is 5.73 Å². The fourth-order valence-electron chi connectivity index (χ4n) is 0.436. The SMILES string of the molecule is CC(C)[C@@H](N)CS(=O)(=O)O. The van der Waals surface area contributed by atoms with E-state index in [4.69, 9.17) is 10.3 Å². The lowest BCUT2D eigenvalue weighted by Crippen LogP contribution is -2.34. The minimum Gasteiger partial charge on any atom is -0.326 e. The van der Waals surface area contributed by atoms with Crippen molar-refractivity contribution in [1.82, 2.24) is 0 Å². The molecule has 3 N–H and O–H groups in total. The Morgan fingerprint density at radius 3 is 2.00 bits per heavy atom. The number of hydrogen-bond acceptors (Lipinski definition) is 3. The van der Waals surface area contributed by atoms with Crippen LogP contribution in [0, 0.1) is 5.92 Å². The molecular weight excluding hydrogens is 154 g/mol. The summed E-state index contributed by atoms with van der Waals surface area (Å²) < 4.78 is 28.8. The van der Waals surface area contributed by atoms with Crippen molar-refractivity contribution in [2.24, 2.45) is 11.7 Å². The molecule has 0 aliphatic heterocycles. The predicted octanol–water partition coefficient (Wildman–Crippen LogP) is -0.142. The molecule has 0 bridgehead atoms. The molecule has 1 atom stereocenters. The van der Waals surface area contributed by atoms with E-state index in [1.165, 1.54) is 0 Å². The van der Waals surface area contributed by atoms with Crippen molar-refractivity contribution in [2.45, 2.75) is 19.9 Å². The van der Waals surface area contributed by atoms with Crippen LogP contribution in [0.25, 0.3) is 0 Å². The Labute approximate surface area is 61.2 Å². The van der Waals surface area contributed by atoms with Crippen LogP contribution in [0.3, 0.4) is 0 Å². The Hall–Kier alpha value is -0.130. The average Bonchev–Trinajstić information content (AvgIpc) is 1.60. The molecule has 5 heteroatoms. The molecule has 0 aromatic carbocycles. The first-order chi connectivity index (χ1) is 4.33. The van der Waals surface area contributed by atoms with Crippen molar-refractivity contribution in [2.75, 3.05) is 5.75 Å². The standard InChI is InChI=1S/C5H13NO3S/c1-4(2)5(6)3-10(7,8)9/h4-5H,3,6H2,1-2H3,(H,7,8,9)/t5-/m0/s1. The molecule has 62 valence electrons. The van der Waals surface area contributed by atoms with E-state index in [1.54, 1.807) is 13.8 Å². The normalized spacial score (nSPS) is 15.7. The van der Waals surface area contributed by atoms with Gasteiger partial charge >= 0.3 is 0 Å². The maximum Gasteiger partial charge on any atom is 0.266 e. The third-order valence-electron chi connectivity index (χ3n) is 1.26. The zero-order chi connectivity index (χ0) is 8.36. The van der Waals surface area contributed by atoms with Gasteiger partial charge in [-0.05, 0) is 5.92 Å². The van der Waals surface area contributed by atoms with Crippen LogP contribution in [0.15, 0.2) is 0 Å². The van der Waals surface area contributed by atoms with Crippen molar-refractivity contribution in [3.8, 4) is 0 Å². The van der Waals surface area contributed by atoms with Crippen LogP contribution in [-0.2, 0) is 10.1 Å². The van der Waals surface area contributed by atoms with Gasteiger partial charge in [0.2, 0.25) is 0 Å². The summed E-state index contributed by atoms with van der Waals surface area (Å²) in [6.45, 7) is 3.60. The molecule has 0 aromatic rings. The summed E-state index contributed by atoms with van der Waals surface area (Å²) in [6, 6.07) is -0.477. The van der Waals surface area contributed by atoms with E-state index in [2.05, 4.69) is 0 Å². The van der Waals surface area contributed by atoms with Gasteiger partial charge in [-0.3, -0.25) is 4.55 Å². The summed E-state index contributed by atoms with van der Waals surface area (Å²) >= 11 is 0. The minimum absolute atomic E-state index is 0.0712. The molecule has 0 fully saturated rings. The molecule has 0 amide bonds. The first-order valence-electron chi connectivity index (χ1n) is 3.03. The van der Waals surface area contributed by atoms with E-state index in [-0.39, 0.29) is 11.7 Å². The molecular formula is C5H13NO3S. The number of rotatable bonds is 3. The fraction of sp³-hybridized carbons (Fsp3) is 1.00. The third kappa shape index (κ3) is 4.72. The van der Waals surface area contributed by atoms with Gasteiger partial charge in [0.25, 0.3) is 10.1 Å². The summed E-state index contributed by atoms with van der Waals surface area (Å²) in [7, 11) is -3.89. The van der Waals surface area contributed by atoms with Gasteiger partial charge in [-0.25, -0.2) is 0 Å². The Morgan fingerprint density at radius 1 is 1.50 bits per heavy atom. The van der Waals surface area contributed by atoms with Gasteiger partial charge in [-0.15, -0.1) is 0 Å². The topological polar surface area (TPSA) is 80.4 Å². The average molecular weight is 167 g/mol. The molecule has 0 spiro atoms. The Balaban J connectivity index is 3.93. The van der Waals surface area contributed by atoms with Crippen molar-refractivity contribution in [3.05, 3.63) is 0 Å². The second-order valence-electron chi connectivity index (χ2n) is 2.66. The van der Waals surface area contributed by atoms with Gasteiger partial charge in [-0.1, -0.05) is 13.8 Å². The van der Waals surface area contributed by atoms with Crippen LogP contribution < -0.4 is 5.73 Å². The quantitative estimate of drug-likeness (QED) is 0.573. The van der Waals surface area contributed by atoms with Crippen LogP contribution in [0.4, 0.5) is 0 Å². The van der Waals surface area contributed by atoms with Crippen LogP contribution in [0.5, 0.6) is 0 Å². The lowest BCUT2D eigenvalue weighted by atomic mass is 10.1. The van der Waals surface area contributed by atoms with E-state index < -0.39 is 16.2 Å². The molecule has 4 nitrogen and oxygen atoms in total. The largest absolute Gasteiger partial charge is 0.326 e. The molecule has 0 aliphatic carbocycles.